The number of hydrogen-bond donors (Lipinski definition) is 2. The van der Waals surface area contributed by atoms with E-state index in [0.29, 0.717) is 6.54 Å². The lowest BCUT2D eigenvalue weighted by Gasteiger charge is -2.11. The van der Waals surface area contributed by atoms with Gasteiger partial charge >= 0.3 is 6.03 Å². The number of rotatable bonds is 3. The van der Waals surface area contributed by atoms with Crippen LogP contribution in [0.1, 0.15) is 22.3 Å². The van der Waals surface area contributed by atoms with E-state index in [-0.39, 0.29) is 6.03 Å². The predicted molar refractivity (Wildman–Crippen MR) is 83.0 cm³/mol. The molecule has 3 nitrogen and oxygen atoms in total. The largest absolute Gasteiger partial charge is 0.334 e. The SMILES string of the molecule is Cc1ccc(C)c(NC(=O)NCc2ccccc2C)c1. The topological polar surface area (TPSA) is 41.1 Å². The van der Waals surface area contributed by atoms with Crippen molar-refractivity contribution in [2.75, 3.05) is 5.32 Å². The summed E-state index contributed by atoms with van der Waals surface area (Å²) in [4.78, 5) is 11.9. The van der Waals surface area contributed by atoms with Crippen molar-refractivity contribution in [3.63, 3.8) is 0 Å². The molecule has 2 aromatic carbocycles. The molecule has 0 fully saturated rings. The third kappa shape index (κ3) is 3.60. The average Bonchev–Trinajstić information content (AvgIpc) is 2.42. The third-order valence-electron chi connectivity index (χ3n) is 3.34. The maximum atomic E-state index is 11.9. The second kappa shape index (κ2) is 6.24. The van der Waals surface area contributed by atoms with Crippen molar-refractivity contribution in [3.05, 3.63) is 64.7 Å². The van der Waals surface area contributed by atoms with Gasteiger partial charge in [-0.05, 0) is 49.1 Å². The van der Waals surface area contributed by atoms with E-state index in [2.05, 4.69) is 10.6 Å². The Hall–Kier alpha value is -2.29. The number of nitrogens with one attached hydrogen (secondary N) is 2. The molecule has 0 saturated heterocycles. The summed E-state index contributed by atoms with van der Waals surface area (Å²) in [5, 5.41) is 5.78. The normalized spacial score (nSPS) is 10.2. The van der Waals surface area contributed by atoms with Gasteiger partial charge in [0, 0.05) is 12.2 Å². The first-order chi connectivity index (χ1) is 9.56. The monoisotopic (exact) mass is 268 g/mol. The average molecular weight is 268 g/mol. The highest BCUT2D eigenvalue weighted by Crippen LogP contribution is 2.16. The highest BCUT2D eigenvalue weighted by Gasteiger charge is 2.05. The Morgan fingerprint density at radius 1 is 1.00 bits per heavy atom. The Kier molecular flexibility index (Phi) is 4.41. The second-order valence-corrected chi connectivity index (χ2v) is 5.05. The zero-order valence-electron chi connectivity index (χ0n) is 12.2. The van der Waals surface area contributed by atoms with Crippen LogP contribution in [-0.4, -0.2) is 6.03 Å². The predicted octanol–water partition coefficient (Wildman–Crippen LogP) is 3.93. The van der Waals surface area contributed by atoms with E-state index in [9.17, 15) is 4.79 Å². The lowest BCUT2D eigenvalue weighted by atomic mass is 10.1. The standard InChI is InChI=1S/C17H20N2O/c1-12-8-9-14(3)16(10-12)19-17(20)18-11-15-7-5-4-6-13(15)2/h4-10H,11H2,1-3H3,(H2,18,19,20). The molecule has 0 saturated carbocycles. The number of anilines is 1. The summed E-state index contributed by atoms with van der Waals surface area (Å²) < 4.78 is 0. The zero-order chi connectivity index (χ0) is 14.5. The Bertz CT molecular complexity index is 620. The summed E-state index contributed by atoms with van der Waals surface area (Å²) in [6.07, 6.45) is 0. The molecule has 104 valence electrons. The van der Waals surface area contributed by atoms with Crippen LogP contribution in [0, 0.1) is 20.8 Å². The number of hydrogen-bond acceptors (Lipinski definition) is 1. The highest BCUT2D eigenvalue weighted by molar-refractivity contribution is 5.90. The van der Waals surface area contributed by atoms with Crippen LogP contribution in [0.2, 0.25) is 0 Å². The molecule has 0 aliphatic carbocycles. The number of carbonyl (C=O) groups is 1. The number of amides is 2. The van der Waals surface area contributed by atoms with Gasteiger partial charge in [-0.1, -0.05) is 36.4 Å². The van der Waals surface area contributed by atoms with Crippen LogP contribution in [0.15, 0.2) is 42.5 Å². The van der Waals surface area contributed by atoms with Gasteiger partial charge in [0.15, 0.2) is 0 Å². The van der Waals surface area contributed by atoms with E-state index in [4.69, 9.17) is 0 Å². The van der Waals surface area contributed by atoms with Crippen LogP contribution >= 0.6 is 0 Å². The van der Waals surface area contributed by atoms with E-state index >= 15 is 0 Å². The smallest absolute Gasteiger partial charge is 0.319 e. The molecule has 0 heterocycles. The number of urea groups is 1. The maximum absolute atomic E-state index is 11.9. The first-order valence-electron chi connectivity index (χ1n) is 6.73. The Morgan fingerprint density at radius 3 is 2.50 bits per heavy atom. The van der Waals surface area contributed by atoms with Crippen molar-refractivity contribution < 1.29 is 4.79 Å². The van der Waals surface area contributed by atoms with Crippen LogP contribution in [0.4, 0.5) is 10.5 Å². The van der Waals surface area contributed by atoms with E-state index in [1.807, 2.05) is 63.2 Å². The lowest BCUT2D eigenvalue weighted by Crippen LogP contribution is -2.28. The van der Waals surface area contributed by atoms with E-state index in [1.54, 1.807) is 0 Å². The van der Waals surface area contributed by atoms with Crippen molar-refractivity contribution in [3.8, 4) is 0 Å². The molecule has 2 N–H and O–H groups in total. The van der Waals surface area contributed by atoms with E-state index < -0.39 is 0 Å². The summed E-state index contributed by atoms with van der Waals surface area (Å²) in [5.74, 6) is 0. The minimum Gasteiger partial charge on any atom is -0.334 e. The van der Waals surface area contributed by atoms with Gasteiger partial charge in [0.2, 0.25) is 0 Å². The highest BCUT2D eigenvalue weighted by atomic mass is 16.2. The maximum Gasteiger partial charge on any atom is 0.319 e. The molecule has 0 atom stereocenters. The summed E-state index contributed by atoms with van der Waals surface area (Å²) in [6.45, 7) is 6.56. The molecular formula is C17H20N2O. The van der Waals surface area contributed by atoms with Crippen LogP contribution < -0.4 is 10.6 Å². The molecule has 0 spiro atoms. The van der Waals surface area contributed by atoms with Gasteiger partial charge in [-0.3, -0.25) is 0 Å². The van der Waals surface area contributed by atoms with Crippen molar-refractivity contribution in [2.45, 2.75) is 27.3 Å². The Balaban J connectivity index is 1.96. The van der Waals surface area contributed by atoms with E-state index in [0.717, 1.165) is 22.4 Å². The molecule has 0 radical (unpaired) electrons. The molecule has 0 aliphatic rings. The number of carbonyl (C=O) groups excluding carboxylic acids is 1. The number of benzene rings is 2. The minimum absolute atomic E-state index is 0.179. The molecule has 2 aromatic rings. The van der Waals surface area contributed by atoms with Gasteiger partial charge in [-0.2, -0.15) is 0 Å². The van der Waals surface area contributed by atoms with E-state index in [1.165, 1.54) is 5.56 Å². The van der Waals surface area contributed by atoms with Crippen LogP contribution in [0.5, 0.6) is 0 Å². The molecule has 0 bridgehead atoms. The zero-order valence-corrected chi connectivity index (χ0v) is 12.2. The van der Waals surface area contributed by atoms with Crippen molar-refractivity contribution in [1.29, 1.82) is 0 Å². The second-order valence-electron chi connectivity index (χ2n) is 5.05. The summed E-state index contributed by atoms with van der Waals surface area (Å²) in [6, 6.07) is 13.9. The van der Waals surface area contributed by atoms with Crippen LogP contribution in [-0.2, 0) is 6.54 Å². The molecule has 3 heteroatoms. The molecule has 2 amide bonds. The third-order valence-corrected chi connectivity index (χ3v) is 3.34. The molecule has 0 aliphatic heterocycles. The van der Waals surface area contributed by atoms with Gasteiger partial charge in [-0.25, -0.2) is 4.79 Å². The Morgan fingerprint density at radius 2 is 1.75 bits per heavy atom. The van der Waals surface area contributed by atoms with Gasteiger partial charge in [0.1, 0.15) is 0 Å². The van der Waals surface area contributed by atoms with Crippen molar-refractivity contribution >= 4 is 11.7 Å². The summed E-state index contributed by atoms with van der Waals surface area (Å²) in [7, 11) is 0. The van der Waals surface area contributed by atoms with Crippen molar-refractivity contribution in [2.24, 2.45) is 0 Å². The van der Waals surface area contributed by atoms with Gasteiger partial charge in [0.05, 0.1) is 0 Å². The summed E-state index contributed by atoms with van der Waals surface area (Å²) in [5.41, 5.74) is 5.35. The first kappa shape index (κ1) is 14.1. The lowest BCUT2D eigenvalue weighted by molar-refractivity contribution is 0.251. The van der Waals surface area contributed by atoms with Crippen LogP contribution in [0.3, 0.4) is 0 Å². The number of aryl methyl sites for hydroxylation is 3. The molecule has 0 aromatic heterocycles. The van der Waals surface area contributed by atoms with Crippen molar-refractivity contribution in [1.82, 2.24) is 5.32 Å². The van der Waals surface area contributed by atoms with Crippen LogP contribution in [0.25, 0.3) is 0 Å². The molecule has 2 rings (SSSR count). The quantitative estimate of drug-likeness (QED) is 0.870. The van der Waals surface area contributed by atoms with Gasteiger partial charge < -0.3 is 10.6 Å². The Labute approximate surface area is 120 Å². The fourth-order valence-corrected chi connectivity index (χ4v) is 2.02. The minimum atomic E-state index is -0.179. The molecular weight excluding hydrogens is 248 g/mol. The van der Waals surface area contributed by atoms with Gasteiger partial charge in [0.25, 0.3) is 0 Å². The summed E-state index contributed by atoms with van der Waals surface area (Å²) >= 11 is 0. The molecule has 20 heavy (non-hydrogen) atoms. The first-order valence-corrected chi connectivity index (χ1v) is 6.73. The fraction of sp³-hybridized carbons (Fsp3) is 0.235. The fourth-order valence-electron chi connectivity index (χ4n) is 2.02. The molecule has 0 unspecified atom stereocenters. The van der Waals surface area contributed by atoms with Gasteiger partial charge in [-0.15, -0.1) is 0 Å².